The van der Waals surface area contributed by atoms with E-state index in [0.29, 0.717) is 18.7 Å². The molecule has 1 rings (SSSR count). The lowest BCUT2D eigenvalue weighted by atomic mass is 10.3. The molecular formula is C10H15ClF3N3O. The number of aryl methyl sites for hydroxylation is 1. The molecule has 104 valence electrons. The van der Waals surface area contributed by atoms with Crippen LogP contribution in [0.5, 0.6) is 0 Å². The summed E-state index contributed by atoms with van der Waals surface area (Å²) in [5, 5.41) is 7.54. The van der Waals surface area contributed by atoms with Crippen LogP contribution in [0.25, 0.3) is 0 Å². The second kappa shape index (κ2) is 6.94. The fourth-order valence-corrected chi connectivity index (χ4v) is 1.39. The van der Waals surface area contributed by atoms with Gasteiger partial charge in [-0.15, -0.1) is 16.7 Å². The third-order valence-corrected chi connectivity index (χ3v) is 2.71. The monoisotopic (exact) mass is 285 g/mol. The van der Waals surface area contributed by atoms with Crippen LogP contribution in [0.1, 0.15) is 30.8 Å². The minimum Gasteiger partial charge on any atom is -0.372 e. The second-order valence-electron chi connectivity index (χ2n) is 3.80. The summed E-state index contributed by atoms with van der Waals surface area (Å²) in [6, 6.07) is 0. The quantitative estimate of drug-likeness (QED) is 0.571. The maximum absolute atomic E-state index is 11.8. The van der Waals surface area contributed by atoms with Gasteiger partial charge in [0.2, 0.25) is 0 Å². The Kier molecular flexibility index (Phi) is 5.87. The van der Waals surface area contributed by atoms with E-state index in [1.807, 2.05) is 6.92 Å². The van der Waals surface area contributed by atoms with Crippen LogP contribution in [0, 0.1) is 0 Å². The van der Waals surface area contributed by atoms with E-state index in [-0.39, 0.29) is 12.0 Å². The summed E-state index contributed by atoms with van der Waals surface area (Å²) in [6.45, 7) is 1.21. The smallest absolute Gasteiger partial charge is 0.372 e. The Morgan fingerprint density at radius 2 is 2.22 bits per heavy atom. The SMILES string of the molecule is CCC(Cl)c1cn(CCCOCC(F)(F)F)nn1. The first-order chi connectivity index (χ1) is 8.42. The lowest BCUT2D eigenvalue weighted by Crippen LogP contribution is -2.17. The summed E-state index contributed by atoms with van der Waals surface area (Å²) in [6.07, 6.45) is -1.38. The van der Waals surface area contributed by atoms with Gasteiger partial charge in [-0.2, -0.15) is 13.2 Å². The van der Waals surface area contributed by atoms with E-state index in [1.54, 1.807) is 10.9 Å². The van der Waals surface area contributed by atoms with E-state index in [0.717, 1.165) is 6.42 Å². The van der Waals surface area contributed by atoms with Crippen molar-refractivity contribution in [3.8, 4) is 0 Å². The van der Waals surface area contributed by atoms with E-state index in [2.05, 4.69) is 15.0 Å². The molecule has 0 fully saturated rings. The number of nitrogens with zero attached hydrogens (tertiary/aromatic N) is 3. The minimum absolute atomic E-state index is 0.0345. The van der Waals surface area contributed by atoms with Crippen molar-refractivity contribution < 1.29 is 17.9 Å². The second-order valence-corrected chi connectivity index (χ2v) is 4.33. The minimum atomic E-state index is -4.27. The largest absolute Gasteiger partial charge is 0.411 e. The van der Waals surface area contributed by atoms with Crippen LogP contribution in [-0.2, 0) is 11.3 Å². The summed E-state index contributed by atoms with van der Waals surface area (Å²) >= 11 is 5.97. The molecule has 0 aliphatic rings. The first-order valence-corrected chi connectivity index (χ1v) is 6.04. The number of halogens is 4. The van der Waals surface area contributed by atoms with Crippen molar-refractivity contribution in [3.63, 3.8) is 0 Å². The van der Waals surface area contributed by atoms with Gasteiger partial charge < -0.3 is 4.74 Å². The zero-order valence-corrected chi connectivity index (χ0v) is 10.7. The van der Waals surface area contributed by atoms with Crippen molar-refractivity contribution in [2.45, 2.75) is 37.9 Å². The Hall–Kier alpha value is -0.820. The predicted molar refractivity (Wildman–Crippen MR) is 60.4 cm³/mol. The number of hydrogen-bond donors (Lipinski definition) is 0. The summed E-state index contributed by atoms with van der Waals surface area (Å²) in [7, 11) is 0. The van der Waals surface area contributed by atoms with E-state index >= 15 is 0 Å². The third-order valence-electron chi connectivity index (χ3n) is 2.18. The molecule has 0 aromatic carbocycles. The highest BCUT2D eigenvalue weighted by Gasteiger charge is 2.27. The highest BCUT2D eigenvalue weighted by Crippen LogP contribution is 2.20. The molecule has 0 radical (unpaired) electrons. The van der Waals surface area contributed by atoms with E-state index in [4.69, 9.17) is 11.6 Å². The van der Waals surface area contributed by atoms with Crippen molar-refractivity contribution in [1.82, 2.24) is 15.0 Å². The van der Waals surface area contributed by atoms with Gasteiger partial charge in [-0.05, 0) is 12.8 Å². The predicted octanol–water partition coefficient (Wildman–Crippen LogP) is 2.94. The number of aromatic nitrogens is 3. The molecule has 8 heteroatoms. The molecule has 18 heavy (non-hydrogen) atoms. The third kappa shape index (κ3) is 5.68. The molecule has 1 atom stereocenters. The Morgan fingerprint density at radius 3 is 2.83 bits per heavy atom. The molecule has 0 saturated carbocycles. The average molecular weight is 286 g/mol. The molecule has 1 unspecified atom stereocenters. The molecular weight excluding hydrogens is 271 g/mol. The van der Waals surface area contributed by atoms with E-state index in [1.165, 1.54) is 0 Å². The zero-order chi connectivity index (χ0) is 13.6. The van der Waals surface area contributed by atoms with Gasteiger partial charge in [0, 0.05) is 19.3 Å². The van der Waals surface area contributed by atoms with Crippen LogP contribution >= 0.6 is 11.6 Å². The lowest BCUT2D eigenvalue weighted by Gasteiger charge is -2.07. The molecule has 1 aromatic rings. The summed E-state index contributed by atoms with van der Waals surface area (Å²) in [5.41, 5.74) is 0.676. The first-order valence-electron chi connectivity index (χ1n) is 5.61. The van der Waals surface area contributed by atoms with Crippen molar-refractivity contribution in [3.05, 3.63) is 11.9 Å². The van der Waals surface area contributed by atoms with Gasteiger partial charge in [-0.1, -0.05) is 12.1 Å². The summed E-state index contributed by atoms with van der Waals surface area (Å²) < 4.78 is 41.3. The summed E-state index contributed by atoms with van der Waals surface area (Å²) in [5.74, 6) is 0. The molecule has 4 nitrogen and oxygen atoms in total. The standard InChI is InChI=1S/C10H15ClF3N3O/c1-2-8(11)9-6-17(16-15-9)4-3-5-18-7-10(12,13)14/h6,8H,2-5,7H2,1H3. The van der Waals surface area contributed by atoms with Crippen LogP contribution in [0.2, 0.25) is 0 Å². The zero-order valence-electron chi connectivity index (χ0n) is 9.95. The molecule has 0 N–H and O–H groups in total. The number of ether oxygens (including phenoxy) is 1. The highest BCUT2D eigenvalue weighted by molar-refractivity contribution is 6.20. The normalized spacial score (nSPS) is 13.8. The van der Waals surface area contributed by atoms with Gasteiger partial charge in [0.25, 0.3) is 0 Å². The topological polar surface area (TPSA) is 39.9 Å². The van der Waals surface area contributed by atoms with Crippen molar-refractivity contribution in [2.75, 3.05) is 13.2 Å². The Morgan fingerprint density at radius 1 is 1.50 bits per heavy atom. The number of hydrogen-bond acceptors (Lipinski definition) is 3. The van der Waals surface area contributed by atoms with Gasteiger partial charge in [0.15, 0.2) is 0 Å². The fourth-order valence-electron chi connectivity index (χ4n) is 1.29. The van der Waals surface area contributed by atoms with Gasteiger partial charge in [0.1, 0.15) is 12.3 Å². The van der Waals surface area contributed by atoms with Crippen molar-refractivity contribution >= 4 is 11.6 Å². The Bertz CT molecular complexity index is 356. The fraction of sp³-hybridized carbons (Fsp3) is 0.800. The molecule has 1 aromatic heterocycles. The molecule has 0 bridgehead atoms. The Balaban J connectivity index is 2.22. The molecule has 0 saturated heterocycles. The van der Waals surface area contributed by atoms with Gasteiger partial charge in [-0.25, -0.2) is 0 Å². The van der Waals surface area contributed by atoms with Crippen LogP contribution in [0.3, 0.4) is 0 Å². The molecule has 0 aliphatic heterocycles. The molecule has 1 heterocycles. The Labute approximate surface area is 108 Å². The van der Waals surface area contributed by atoms with Gasteiger partial charge >= 0.3 is 6.18 Å². The van der Waals surface area contributed by atoms with Crippen LogP contribution in [0.4, 0.5) is 13.2 Å². The molecule has 0 spiro atoms. The van der Waals surface area contributed by atoms with Crippen LogP contribution in [-0.4, -0.2) is 34.4 Å². The number of rotatable bonds is 7. The van der Waals surface area contributed by atoms with Crippen LogP contribution in [0.15, 0.2) is 6.20 Å². The van der Waals surface area contributed by atoms with Crippen LogP contribution < -0.4 is 0 Å². The number of alkyl halides is 4. The lowest BCUT2D eigenvalue weighted by molar-refractivity contribution is -0.174. The van der Waals surface area contributed by atoms with E-state index in [9.17, 15) is 13.2 Å². The van der Waals surface area contributed by atoms with E-state index < -0.39 is 12.8 Å². The highest BCUT2D eigenvalue weighted by atomic mass is 35.5. The van der Waals surface area contributed by atoms with Gasteiger partial charge in [-0.3, -0.25) is 4.68 Å². The average Bonchev–Trinajstić information content (AvgIpc) is 2.75. The first kappa shape index (κ1) is 15.2. The molecule has 0 amide bonds. The molecule has 0 aliphatic carbocycles. The van der Waals surface area contributed by atoms with Crippen molar-refractivity contribution in [1.29, 1.82) is 0 Å². The van der Waals surface area contributed by atoms with Crippen molar-refractivity contribution in [2.24, 2.45) is 0 Å². The maximum Gasteiger partial charge on any atom is 0.411 e. The summed E-state index contributed by atoms with van der Waals surface area (Å²) in [4.78, 5) is 0. The van der Waals surface area contributed by atoms with Gasteiger partial charge in [0.05, 0.1) is 5.38 Å². The maximum atomic E-state index is 11.8.